The zero-order chi connectivity index (χ0) is 24.6. The molecule has 0 fully saturated rings. The van der Waals surface area contributed by atoms with E-state index >= 15 is 0 Å². The van der Waals surface area contributed by atoms with Gasteiger partial charge in [-0.25, -0.2) is 9.59 Å². The van der Waals surface area contributed by atoms with Crippen LogP contribution in [0.25, 0.3) is 0 Å². The van der Waals surface area contributed by atoms with Gasteiger partial charge in [-0.3, -0.25) is 0 Å². The molecule has 0 aliphatic rings. The molecule has 0 saturated heterocycles. The van der Waals surface area contributed by atoms with E-state index in [1.807, 2.05) is 0 Å². The number of rotatable bonds is 14. The number of hydrogen-bond donors (Lipinski definition) is 0. The van der Waals surface area contributed by atoms with E-state index < -0.39 is 21.4 Å². The minimum absolute atomic E-state index is 0.184. The van der Waals surface area contributed by atoms with Crippen LogP contribution < -0.4 is 0 Å². The van der Waals surface area contributed by atoms with Gasteiger partial charge in [-0.1, -0.05) is 68.5 Å². The molecule has 0 saturated carbocycles. The van der Waals surface area contributed by atoms with Crippen molar-refractivity contribution in [1.82, 2.24) is 0 Å². The normalized spacial score (nSPS) is 17.7. The Morgan fingerprint density at radius 1 is 0.710 bits per heavy atom. The maximum atomic E-state index is 12.2. The topological polar surface area (TPSA) is 52.6 Å². The summed E-state index contributed by atoms with van der Waals surface area (Å²) in [6.07, 6.45) is 2.43. The summed E-state index contributed by atoms with van der Waals surface area (Å²) in [6.45, 7) is 28.4. The molecular weight excluding hydrogens is 448 g/mol. The second kappa shape index (κ2) is 13.2. The highest BCUT2D eigenvalue weighted by atomic mass is 32.2. The van der Waals surface area contributed by atoms with Crippen LogP contribution in [-0.4, -0.2) is 42.8 Å². The molecule has 4 unspecified atom stereocenters. The van der Waals surface area contributed by atoms with Gasteiger partial charge in [0.25, 0.3) is 0 Å². The Balaban J connectivity index is 6.41. The predicted octanol–water partition coefficient (Wildman–Crippen LogP) is 6.94. The highest BCUT2D eigenvalue weighted by Gasteiger charge is 2.51. The molecule has 0 amide bonds. The summed E-state index contributed by atoms with van der Waals surface area (Å²) in [5.41, 5.74) is -0.776. The molecule has 0 radical (unpaired) electrons. The van der Waals surface area contributed by atoms with Crippen molar-refractivity contribution in [3.63, 3.8) is 0 Å². The zero-order valence-electron chi connectivity index (χ0n) is 20.9. The van der Waals surface area contributed by atoms with Gasteiger partial charge in [0.15, 0.2) is 10.9 Å². The van der Waals surface area contributed by atoms with Gasteiger partial charge in [0.1, 0.15) is 0 Å². The average molecular weight is 491 g/mol. The molecule has 0 aliphatic heterocycles. The van der Waals surface area contributed by atoms with Crippen LogP contribution >= 0.6 is 35.3 Å². The molecule has 0 aromatic carbocycles. The lowest BCUT2D eigenvalue weighted by Gasteiger charge is -2.49. The van der Waals surface area contributed by atoms with Crippen LogP contribution in [-0.2, 0) is 19.1 Å². The van der Waals surface area contributed by atoms with Gasteiger partial charge < -0.3 is 9.47 Å². The van der Waals surface area contributed by atoms with Gasteiger partial charge in [-0.05, 0) is 25.7 Å². The molecule has 0 bridgehead atoms. The molecule has 0 aromatic heterocycles. The number of carbonyl (C=O) groups excluding carboxylic acids is 2. The Labute approximate surface area is 203 Å². The lowest BCUT2D eigenvalue weighted by molar-refractivity contribution is -0.140. The second-order valence-electron chi connectivity index (χ2n) is 9.09. The first-order valence-electron chi connectivity index (χ1n) is 10.8. The fraction of sp³-hybridized carbons (Fsp3) is 0.750. The van der Waals surface area contributed by atoms with Crippen molar-refractivity contribution in [3.8, 4) is 0 Å². The lowest BCUT2D eigenvalue weighted by Crippen LogP contribution is -2.51. The van der Waals surface area contributed by atoms with Crippen LogP contribution in [0.15, 0.2) is 25.3 Å². The van der Waals surface area contributed by atoms with Crippen molar-refractivity contribution < 1.29 is 19.1 Å². The molecule has 7 heteroatoms. The van der Waals surface area contributed by atoms with Gasteiger partial charge in [0, 0.05) is 22.7 Å². The van der Waals surface area contributed by atoms with E-state index in [1.54, 1.807) is 35.3 Å². The Bertz CT molecular complexity index is 566. The van der Waals surface area contributed by atoms with Crippen LogP contribution in [0, 0.1) is 11.8 Å². The van der Waals surface area contributed by atoms with E-state index in [0.717, 1.165) is 0 Å². The summed E-state index contributed by atoms with van der Waals surface area (Å²) in [5.74, 6) is -0.486. The van der Waals surface area contributed by atoms with Crippen molar-refractivity contribution in [2.75, 3.05) is 0 Å². The van der Waals surface area contributed by atoms with E-state index in [4.69, 9.17) is 9.47 Å². The Morgan fingerprint density at radius 2 is 1.00 bits per heavy atom. The molecule has 0 aromatic rings. The van der Waals surface area contributed by atoms with E-state index in [9.17, 15) is 9.59 Å². The summed E-state index contributed by atoms with van der Waals surface area (Å²) in [7, 11) is 0. The highest BCUT2D eigenvalue weighted by Crippen LogP contribution is 2.54. The maximum absolute atomic E-state index is 12.2. The van der Waals surface area contributed by atoms with Crippen LogP contribution in [0.1, 0.15) is 69.2 Å². The lowest BCUT2D eigenvalue weighted by atomic mass is 9.96. The Kier molecular flexibility index (Phi) is 13.0. The summed E-state index contributed by atoms with van der Waals surface area (Å²) in [6, 6.07) is 0. The van der Waals surface area contributed by atoms with E-state index in [2.05, 4.69) is 82.4 Å². The molecule has 0 N–H and O–H groups in total. The monoisotopic (exact) mass is 490 g/mol. The van der Waals surface area contributed by atoms with Crippen molar-refractivity contribution in [2.45, 2.75) is 100 Å². The quantitative estimate of drug-likeness (QED) is 0.148. The largest absolute Gasteiger partial charge is 0.447 e. The van der Waals surface area contributed by atoms with Crippen molar-refractivity contribution in [3.05, 3.63) is 25.3 Å². The third-order valence-corrected chi connectivity index (χ3v) is 10.5. The summed E-state index contributed by atoms with van der Waals surface area (Å²) in [4.78, 5) is 24.4. The third kappa shape index (κ3) is 9.09. The van der Waals surface area contributed by atoms with Gasteiger partial charge in [-0.2, -0.15) is 0 Å². The zero-order valence-corrected chi connectivity index (χ0v) is 23.3. The molecule has 4 nitrogen and oxygen atoms in total. The van der Waals surface area contributed by atoms with Gasteiger partial charge in [-0.15, -0.1) is 35.3 Å². The molecule has 180 valence electrons. The molecular formula is C24H42O4S3. The number of esters is 2. The third-order valence-electron chi connectivity index (χ3n) is 5.24. The van der Waals surface area contributed by atoms with Crippen LogP contribution in [0.3, 0.4) is 0 Å². The first kappa shape index (κ1) is 30.5. The number of thioether (sulfide) groups is 3. The van der Waals surface area contributed by atoms with E-state index in [0.29, 0.717) is 0 Å². The van der Waals surface area contributed by atoms with Crippen LogP contribution in [0.5, 0.6) is 0 Å². The second-order valence-corrected chi connectivity index (χ2v) is 14.3. The Morgan fingerprint density at radius 3 is 1.19 bits per heavy atom. The fourth-order valence-corrected chi connectivity index (χ4v) is 7.42. The number of ether oxygens (including phenoxy) is 2. The summed E-state index contributed by atoms with van der Waals surface area (Å²) < 4.78 is 10.9. The van der Waals surface area contributed by atoms with Gasteiger partial charge in [0.2, 0.25) is 0 Å². The minimum atomic E-state index is -0.441. The molecule has 0 spiro atoms. The number of carbonyl (C=O) groups is 2. The van der Waals surface area contributed by atoms with Crippen LogP contribution in [0.4, 0.5) is 0 Å². The van der Waals surface area contributed by atoms with Gasteiger partial charge >= 0.3 is 11.9 Å². The number of hydrogen-bond acceptors (Lipinski definition) is 7. The average Bonchev–Trinajstić information content (AvgIpc) is 2.65. The Hall–Kier alpha value is -0.530. The van der Waals surface area contributed by atoms with Crippen molar-refractivity contribution in [1.29, 1.82) is 0 Å². The standard InChI is InChI=1S/C24H42O4S3/c1-13-19(25)27-21(29-17(7)8)23(11,15(3)4)31-24(12,16(5)6)22(30-18(9)10)28-20(26)14-2/h13-18,21-22H,1-2H2,3-12H3. The molecule has 4 atom stereocenters. The van der Waals surface area contributed by atoms with E-state index in [-0.39, 0.29) is 33.2 Å². The summed E-state index contributed by atoms with van der Waals surface area (Å²) in [5, 5.41) is 0.539. The highest BCUT2D eigenvalue weighted by molar-refractivity contribution is 8.06. The van der Waals surface area contributed by atoms with Gasteiger partial charge in [0.05, 0.1) is 9.49 Å². The van der Waals surface area contributed by atoms with Crippen molar-refractivity contribution >= 4 is 47.2 Å². The smallest absolute Gasteiger partial charge is 0.331 e. The van der Waals surface area contributed by atoms with E-state index in [1.165, 1.54) is 12.2 Å². The fourth-order valence-electron chi connectivity index (χ4n) is 2.71. The SMILES string of the molecule is C=CC(=O)OC(SC(C)C)C(C)(SC(C)(C(C)C)C(OC(=O)C=C)SC(C)C)C(C)C. The molecule has 0 aliphatic carbocycles. The first-order chi connectivity index (χ1) is 14.1. The molecule has 0 rings (SSSR count). The minimum Gasteiger partial charge on any atom is -0.447 e. The molecule has 31 heavy (non-hydrogen) atoms. The first-order valence-corrected chi connectivity index (χ1v) is 13.5. The predicted molar refractivity (Wildman–Crippen MR) is 140 cm³/mol. The maximum Gasteiger partial charge on any atom is 0.331 e. The van der Waals surface area contributed by atoms with Crippen molar-refractivity contribution in [2.24, 2.45) is 11.8 Å². The van der Waals surface area contributed by atoms with Crippen LogP contribution in [0.2, 0.25) is 0 Å². The molecule has 0 heterocycles. The summed E-state index contributed by atoms with van der Waals surface area (Å²) >= 11 is 5.02.